The van der Waals surface area contributed by atoms with Crippen LogP contribution in [0.2, 0.25) is 0 Å². The highest BCUT2D eigenvalue weighted by molar-refractivity contribution is 9.10. The summed E-state index contributed by atoms with van der Waals surface area (Å²) in [5.41, 5.74) is 3.26. The molecule has 2 aromatic rings. The highest BCUT2D eigenvalue weighted by Crippen LogP contribution is 2.20. The van der Waals surface area contributed by atoms with Gasteiger partial charge in [-0.1, -0.05) is 12.1 Å². The molecule has 1 aromatic carbocycles. The molecule has 0 saturated carbocycles. The standard InChI is InChI=1S/C13H14BrN3O2/c1-9-13(14)10(2)16(15-9)8-7-11-3-5-12(6-4-11)17(18)19/h3-6H,7-8H2,1-2H3. The molecule has 0 radical (unpaired) electrons. The first-order chi connectivity index (χ1) is 8.99. The Kier molecular flexibility index (Phi) is 3.99. The highest BCUT2D eigenvalue weighted by atomic mass is 79.9. The Hall–Kier alpha value is -1.69. The Morgan fingerprint density at radius 3 is 2.42 bits per heavy atom. The van der Waals surface area contributed by atoms with Gasteiger partial charge < -0.3 is 0 Å². The molecule has 0 atom stereocenters. The van der Waals surface area contributed by atoms with Gasteiger partial charge in [-0.3, -0.25) is 14.8 Å². The smallest absolute Gasteiger partial charge is 0.268 e. The van der Waals surface area contributed by atoms with E-state index in [9.17, 15) is 10.1 Å². The lowest BCUT2D eigenvalue weighted by molar-refractivity contribution is -0.384. The number of nitro benzene ring substituents is 1. The number of nitro groups is 1. The molecule has 2 rings (SSSR count). The van der Waals surface area contributed by atoms with Crippen LogP contribution in [0.15, 0.2) is 28.7 Å². The van der Waals surface area contributed by atoms with Crippen molar-refractivity contribution in [2.24, 2.45) is 0 Å². The molecule has 0 N–H and O–H groups in total. The average Bonchev–Trinajstić information content (AvgIpc) is 2.64. The number of halogens is 1. The van der Waals surface area contributed by atoms with Crippen LogP contribution in [0, 0.1) is 24.0 Å². The van der Waals surface area contributed by atoms with E-state index < -0.39 is 0 Å². The van der Waals surface area contributed by atoms with Gasteiger partial charge in [-0.05, 0) is 41.8 Å². The molecule has 19 heavy (non-hydrogen) atoms. The summed E-state index contributed by atoms with van der Waals surface area (Å²) in [7, 11) is 0. The summed E-state index contributed by atoms with van der Waals surface area (Å²) in [6.45, 7) is 4.73. The quantitative estimate of drug-likeness (QED) is 0.639. The zero-order valence-corrected chi connectivity index (χ0v) is 12.3. The van der Waals surface area contributed by atoms with Gasteiger partial charge in [0, 0.05) is 24.4 Å². The summed E-state index contributed by atoms with van der Waals surface area (Å²) < 4.78 is 2.98. The van der Waals surface area contributed by atoms with Crippen molar-refractivity contribution in [3.05, 3.63) is 55.8 Å². The van der Waals surface area contributed by atoms with E-state index in [1.54, 1.807) is 12.1 Å². The van der Waals surface area contributed by atoms with Crippen LogP contribution in [0.1, 0.15) is 17.0 Å². The number of rotatable bonds is 4. The van der Waals surface area contributed by atoms with E-state index >= 15 is 0 Å². The number of non-ortho nitro benzene ring substituents is 1. The lowest BCUT2D eigenvalue weighted by Crippen LogP contribution is -2.05. The summed E-state index contributed by atoms with van der Waals surface area (Å²) in [5, 5.41) is 15.0. The van der Waals surface area contributed by atoms with Crippen molar-refractivity contribution in [3.63, 3.8) is 0 Å². The van der Waals surface area contributed by atoms with Crippen molar-refractivity contribution in [3.8, 4) is 0 Å². The third-order valence-electron chi connectivity index (χ3n) is 3.05. The molecule has 0 fully saturated rings. The zero-order valence-electron chi connectivity index (χ0n) is 10.8. The summed E-state index contributed by atoms with van der Waals surface area (Å²) in [6, 6.07) is 6.65. The van der Waals surface area contributed by atoms with Gasteiger partial charge in [0.05, 0.1) is 15.1 Å². The molecular weight excluding hydrogens is 310 g/mol. The number of aryl methyl sites for hydroxylation is 3. The van der Waals surface area contributed by atoms with E-state index in [4.69, 9.17) is 0 Å². The summed E-state index contributed by atoms with van der Waals surface area (Å²) in [4.78, 5) is 10.2. The first-order valence-electron chi connectivity index (χ1n) is 5.92. The van der Waals surface area contributed by atoms with Crippen molar-refractivity contribution in [1.29, 1.82) is 0 Å². The Bertz CT molecular complexity index is 605. The van der Waals surface area contributed by atoms with Gasteiger partial charge in [-0.25, -0.2) is 0 Å². The number of nitrogens with zero attached hydrogens (tertiary/aromatic N) is 3. The lowest BCUT2D eigenvalue weighted by atomic mass is 10.1. The number of benzene rings is 1. The first-order valence-corrected chi connectivity index (χ1v) is 6.71. The Morgan fingerprint density at radius 2 is 1.95 bits per heavy atom. The van der Waals surface area contributed by atoms with Gasteiger partial charge in [-0.2, -0.15) is 5.10 Å². The van der Waals surface area contributed by atoms with Crippen LogP contribution in [0.3, 0.4) is 0 Å². The zero-order chi connectivity index (χ0) is 14.0. The second kappa shape index (κ2) is 5.52. The Labute approximate surface area is 119 Å². The predicted octanol–water partition coefficient (Wildman–Crippen LogP) is 3.41. The van der Waals surface area contributed by atoms with E-state index in [1.165, 1.54) is 12.1 Å². The molecule has 100 valence electrons. The molecule has 6 heteroatoms. The van der Waals surface area contributed by atoms with Crippen molar-refractivity contribution in [2.75, 3.05) is 0 Å². The normalized spacial score (nSPS) is 10.7. The molecule has 0 amide bonds. The van der Waals surface area contributed by atoms with Crippen LogP contribution in [0.4, 0.5) is 5.69 Å². The Morgan fingerprint density at radius 1 is 1.32 bits per heavy atom. The molecular formula is C13H14BrN3O2. The average molecular weight is 324 g/mol. The molecule has 0 aliphatic carbocycles. The van der Waals surface area contributed by atoms with Crippen LogP contribution in [0.5, 0.6) is 0 Å². The monoisotopic (exact) mass is 323 g/mol. The summed E-state index contributed by atoms with van der Waals surface area (Å²) >= 11 is 3.49. The fourth-order valence-electron chi connectivity index (χ4n) is 1.91. The minimum absolute atomic E-state index is 0.123. The first kappa shape index (κ1) is 13.7. The molecule has 0 unspecified atom stereocenters. The van der Waals surface area contributed by atoms with Gasteiger partial charge in [0.1, 0.15) is 0 Å². The van der Waals surface area contributed by atoms with Crippen LogP contribution >= 0.6 is 15.9 Å². The molecule has 0 bridgehead atoms. The van der Waals surface area contributed by atoms with E-state index in [2.05, 4.69) is 21.0 Å². The van der Waals surface area contributed by atoms with Crippen molar-refractivity contribution in [2.45, 2.75) is 26.8 Å². The molecule has 1 heterocycles. The summed E-state index contributed by atoms with van der Waals surface area (Å²) in [6.07, 6.45) is 0.798. The highest BCUT2D eigenvalue weighted by Gasteiger charge is 2.09. The maximum atomic E-state index is 10.6. The fraction of sp³-hybridized carbons (Fsp3) is 0.308. The Balaban J connectivity index is 2.06. The maximum absolute atomic E-state index is 10.6. The van der Waals surface area contributed by atoms with Crippen LogP contribution in [-0.4, -0.2) is 14.7 Å². The van der Waals surface area contributed by atoms with Crippen molar-refractivity contribution in [1.82, 2.24) is 9.78 Å². The second-order valence-electron chi connectivity index (χ2n) is 4.38. The topological polar surface area (TPSA) is 61.0 Å². The minimum Gasteiger partial charge on any atom is -0.268 e. The third-order valence-corrected chi connectivity index (χ3v) is 4.20. The number of hydrogen-bond acceptors (Lipinski definition) is 3. The van der Waals surface area contributed by atoms with Crippen LogP contribution in [0.25, 0.3) is 0 Å². The number of aromatic nitrogens is 2. The van der Waals surface area contributed by atoms with E-state index in [0.29, 0.717) is 0 Å². The largest absolute Gasteiger partial charge is 0.269 e. The van der Waals surface area contributed by atoms with E-state index in [1.807, 2.05) is 18.5 Å². The summed E-state index contributed by atoms with van der Waals surface area (Å²) in [5.74, 6) is 0. The van der Waals surface area contributed by atoms with Gasteiger partial charge in [0.2, 0.25) is 0 Å². The predicted molar refractivity (Wildman–Crippen MR) is 76.2 cm³/mol. The van der Waals surface area contributed by atoms with Crippen LogP contribution in [-0.2, 0) is 13.0 Å². The van der Waals surface area contributed by atoms with Crippen molar-refractivity contribution >= 4 is 21.6 Å². The molecule has 0 aliphatic rings. The molecule has 0 spiro atoms. The van der Waals surface area contributed by atoms with Crippen LogP contribution < -0.4 is 0 Å². The van der Waals surface area contributed by atoms with Gasteiger partial charge in [-0.15, -0.1) is 0 Å². The second-order valence-corrected chi connectivity index (χ2v) is 5.17. The molecule has 0 saturated heterocycles. The fourth-order valence-corrected chi connectivity index (χ4v) is 2.20. The molecule has 0 aliphatic heterocycles. The molecule has 5 nitrogen and oxygen atoms in total. The van der Waals surface area contributed by atoms with E-state index in [-0.39, 0.29) is 10.6 Å². The molecule has 1 aromatic heterocycles. The van der Waals surface area contributed by atoms with E-state index in [0.717, 1.165) is 34.4 Å². The van der Waals surface area contributed by atoms with Gasteiger partial charge in [0.15, 0.2) is 0 Å². The minimum atomic E-state index is -0.387. The van der Waals surface area contributed by atoms with Gasteiger partial charge in [0.25, 0.3) is 5.69 Å². The lowest BCUT2D eigenvalue weighted by Gasteiger charge is -2.04. The van der Waals surface area contributed by atoms with Crippen molar-refractivity contribution < 1.29 is 4.92 Å². The van der Waals surface area contributed by atoms with Gasteiger partial charge >= 0.3 is 0 Å². The third kappa shape index (κ3) is 3.01. The number of hydrogen-bond donors (Lipinski definition) is 0. The maximum Gasteiger partial charge on any atom is 0.269 e. The SMILES string of the molecule is Cc1nn(CCc2ccc([N+](=O)[O-])cc2)c(C)c1Br.